The third kappa shape index (κ3) is 2.83. The van der Waals surface area contributed by atoms with E-state index in [4.69, 9.17) is 5.84 Å². The van der Waals surface area contributed by atoms with Gasteiger partial charge in [-0.15, -0.1) is 0 Å². The van der Waals surface area contributed by atoms with Crippen LogP contribution < -0.4 is 16.6 Å². The lowest BCUT2D eigenvalue weighted by Crippen LogP contribution is -2.27. The number of amides is 1. The van der Waals surface area contributed by atoms with Gasteiger partial charge < -0.3 is 15.7 Å². The van der Waals surface area contributed by atoms with Gasteiger partial charge in [-0.05, 0) is 6.07 Å². The molecule has 0 radical (unpaired) electrons. The maximum absolute atomic E-state index is 11.9. The van der Waals surface area contributed by atoms with E-state index in [0.29, 0.717) is 24.2 Å². The number of hydrogen-bond donors (Lipinski definition) is 4. The van der Waals surface area contributed by atoms with Gasteiger partial charge >= 0.3 is 0 Å². The van der Waals surface area contributed by atoms with E-state index in [1.165, 1.54) is 6.20 Å². The first kappa shape index (κ1) is 12.1. The molecule has 0 saturated carbocycles. The quantitative estimate of drug-likeness (QED) is 0.441. The number of rotatable bonds is 5. The Hall–Kier alpha value is -2.41. The minimum absolute atomic E-state index is 0.212. The number of anilines is 1. The van der Waals surface area contributed by atoms with Crippen LogP contribution in [0.2, 0.25) is 0 Å². The van der Waals surface area contributed by atoms with Crippen LogP contribution in [-0.4, -0.2) is 27.4 Å². The summed E-state index contributed by atoms with van der Waals surface area (Å²) < 4.78 is 0. The molecule has 0 aliphatic carbocycles. The summed E-state index contributed by atoms with van der Waals surface area (Å²) in [7, 11) is 0. The van der Waals surface area contributed by atoms with Crippen molar-refractivity contribution in [3.05, 3.63) is 42.2 Å². The zero-order chi connectivity index (χ0) is 12.8. The van der Waals surface area contributed by atoms with Crippen molar-refractivity contribution in [3.8, 4) is 0 Å². The number of carbonyl (C=O) groups is 1. The second-order valence-corrected chi connectivity index (χ2v) is 3.65. The zero-order valence-corrected chi connectivity index (χ0v) is 9.68. The SMILES string of the molecule is NNc1ccncc1C(=O)NCCc1cnc[nH]1. The summed E-state index contributed by atoms with van der Waals surface area (Å²) >= 11 is 0. The summed E-state index contributed by atoms with van der Waals surface area (Å²) in [6.07, 6.45) is 7.06. The standard InChI is InChI=1S/C11H14N6O/c12-17-10-2-3-13-6-9(10)11(18)15-4-1-8-5-14-7-16-8/h2-3,5-7H,1,4,12H2,(H,13,17)(H,14,16)(H,15,18). The predicted molar refractivity (Wildman–Crippen MR) is 66.7 cm³/mol. The highest BCUT2D eigenvalue weighted by Gasteiger charge is 2.10. The van der Waals surface area contributed by atoms with Crippen molar-refractivity contribution < 1.29 is 4.79 Å². The number of nitrogens with two attached hydrogens (primary N) is 1. The smallest absolute Gasteiger partial charge is 0.255 e. The number of hydrogen-bond acceptors (Lipinski definition) is 5. The number of hydrazine groups is 1. The number of nitrogens with zero attached hydrogens (tertiary/aromatic N) is 2. The number of aromatic amines is 1. The van der Waals surface area contributed by atoms with Crippen LogP contribution >= 0.6 is 0 Å². The van der Waals surface area contributed by atoms with Gasteiger partial charge in [0.25, 0.3) is 5.91 Å². The molecule has 0 atom stereocenters. The molecule has 0 aliphatic heterocycles. The van der Waals surface area contributed by atoms with Gasteiger partial charge in [-0.1, -0.05) is 0 Å². The number of aromatic nitrogens is 3. The fraction of sp³-hybridized carbons (Fsp3) is 0.182. The number of imidazole rings is 1. The van der Waals surface area contributed by atoms with Gasteiger partial charge in [-0.2, -0.15) is 0 Å². The molecule has 0 unspecified atom stereocenters. The van der Waals surface area contributed by atoms with E-state index in [2.05, 4.69) is 25.7 Å². The maximum atomic E-state index is 11.9. The first-order valence-corrected chi connectivity index (χ1v) is 5.47. The van der Waals surface area contributed by atoms with Gasteiger partial charge in [0, 0.05) is 37.3 Å². The Morgan fingerprint density at radius 3 is 3.00 bits per heavy atom. The lowest BCUT2D eigenvalue weighted by atomic mass is 10.2. The summed E-state index contributed by atoms with van der Waals surface area (Å²) in [6, 6.07) is 1.64. The second kappa shape index (κ2) is 5.78. The summed E-state index contributed by atoms with van der Waals surface area (Å²) in [5.74, 6) is 5.11. The Balaban J connectivity index is 1.91. The third-order valence-corrected chi connectivity index (χ3v) is 2.46. The Labute approximate surface area is 104 Å². The van der Waals surface area contributed by atoms with E-state index in [-0.39, 0.29) is 5.91 Å². The van der Waals surface area contributed by atoms with E-state index in [1.54, 1.807) is 24.8 Å². The van der Waals surface area contributed by atoms with Gasteiger partial charge in [0.15, 0.2) is 0 Å². The van der Waals surface area contributed by atoms with Crippen LogP contribution in [0.4, 0.5) is 5.69 Å². The zero-order valence-electron chi connectivity index (χ0n) is 9.68. The largest absolute Gasteiger partial charge is 0.352 e. The fourth-order valence-electron chi connectivity index (χ4n) is 1.53. The highest BCUT2D eigenvalue weighted by molar-refractivity contribution is 5.99. The lowest BCUT2D eigenvalue weighted by Gasteiger charge is -2.08. The van der Waals surface area contributed by atoms with Crippen LogP contribution in [0.5, 0.6) is 0 Å². The van der Waals surface area contributed by atoms with Crippen molar-refractivity contribution in [2.24, 2.45) is 5.84 Å². The molecule has 2 rings (SSSR count). The number of nitrogen functional groups attached to an aromatic ring is 1. The predicted octanol–water partition coefficient (Wildman–Crippen LogP) is 0.0628. The van der Waals surface area contributed by atoms with E-state index in [9.17, 15) is 4.79 Å². The average Bonchev–Trinajstić information content (AvgIpc) is 2.91. The average molecular weight is 246 g/mol. The van der Waals surface area contributed by atoms with E-state index in [1.807, 2.05) is 0 Å². The second-order valence-electron chi connectivity index (χ2n) is 3.65. The Morgan fingerprint density at radius 1 is 1.39 bits per heavy atom. The summed E-state index contributed by atoms with van der Waals surface area (Å²) in [5.41, 5.74) is 4.40. The van der Waals surface area contributed by atoms with E-state index >= 15 is 0 Å². The normalized spacial score (nSPS) is 10.1. The first-order chi connectivity index (χ1) is 8.81. The van der Waals surface area contributed by atoms with Crippen LogP contribution in [0.3, 0.4) is 0 Å². The molecular formula is C11H14N6O. The number of H-pyrrole nitrogens is 1. The topological polar surface area (TPSA) is 109 Å². The minimum atomic E-state index is -0.212. The highest BCUT2D eigenvalue weighted by Crippen LogP contribution is 2.11. The molecule has 18 heavy (non-hydrogen) atoms. The molecule has 0 aliphatic rings. The molecule has 0 spiro atoms. The van der Waals surface area contributed by atoms with E-state index in [0.717, 1.165) is 5.69 Å². The van der Waals surface area contributed by atoms with Gasteiger partial charge in [0.1, 0.15) is 0 Å². The lowest BCUT2D eigenvalue weighted by molar-refractivity contribution is 0.0954. The summed E-state index contributed by atoms with van der Waals surface area (Å²) in [5, 5.41) is 2.79. The van der Waals surface area contributed by atoms with Crippen LogP contribution in [0.15, 0.2) is 31.0 Å². The van der Waals surface area contributed by atoms with Gasteiger partial charge in [-0.3, -0.25) is 15.6 Å². The molecule has 1 amide bonds. The molecule has 7 nitrogen and oxygen atoms in total. The fourth-order valence-corrected chi connectivity index (χ4v) is 1.53. The van der Waals surface area contributed by atoms with Gasteiger partial charge in [0.05, 0.1) is 17.6 Å². The summed E-state index contributed by atoms with van der Waals surface area (Å²) in [6.45, 7) is 0.514. The molecular weight excluding hydrogens is 232 g/mol. The van der Waals surface area contributed by atoms with Gasteiger partial charge in [0.2, 0.25) is 0 Å². The molecule has 0 saturated heterocycles. The monoisotopic (exact) mass is 246 g/mol. The van der Waals surface area contributed by atoms with Crippen LogP contribution in [0, 0.1) is 0 Å². The Morgan fingerprint density at radius 2 is 2.28 bits per heavy atom. The molecule has 2 heterocycles. The molecule has 2 aromatic heterocycles. The molecule has 0 bridgehead atoms. The van der Waals surface area contributed by atoms with Crippen LogP contribution in [-0.2, 0) is 6.42 Å². The van der Waals surface area contributed by atoms with Gasteiger partial charge in [-0.25, -0.2) is 4.98 Å². The number of pyridine rings is 1. The van der Waals surface area contributed by atoms with Crippen LogP contribution in [0.25, 0.3) is 0 Å². The Bertz CT molecular complexity index is 510. The number of carbonyl (C=O) groups excluding carboxylic acids is 1. The minimum Gasteiger partial charge on any atom is -0.352 e. The van der Waals surface area contributed by atoms with Crippen LogP contribution in [0.1, 0.15) is 16.1 Å². The van der Waals surface area contributed by atoms with Crippen molar-refractivity contribution >= 4 is 11.6 Å². The molecule has 7 heteroatoms. The maximum Gasteiger partial charge on any atom is 0.255 e. The molecule has 5 N–H and O–H groups in total. The molecule has 0 fully saturated rings. The third-order valence-electron chi connectivity index (χ3n) is 2.46. The van der Waals surface area contributed by atoms with Crippen molar-refractivity contribution in [1.29, 1.82) is 0 Å². The molecule has 2 aromatic rings. The molecule has 0 aromatic carbocycles. The van der Waals surface area contributed by atoms with Crippen molar-refractivity contribution in [1.82, 2.24) is 20.3 Å². The first-order valence-electron chi connectivity index (χ1n) is 5.47. The van der Waals surface area contributed by atoms with Crippen molar-refractivity contribution in [3.63, 3.8) is 0 Å². The highest BCUT2D eigenvalue weighted by atomic mass is 16.1. The number of nitrogens with one attached hydrogen (secondary N) is 3. The van der Waals surface area contributed by atoms with Crippen molar-refractivity contribution in [2.75, 3.05) is 12.0 Å². The summed E-state index contributed by atoms with van der Waals surface area (Å²) in [4.78, 5) is 22.6. The van der Waals surface area contributed by atoms with E-state index < -0.39 is 0 Å². The Kier molecular flexibility index (Phi) is 3.87. The molecule has 94 valence electrons. The van der Waals surface area contributed by atoms with Crippen molar-refractivity contribution in [2.45, 2.75) is 6.42 Å².